The van der Waals surface area contributed by atoms with E-state index in [2.05, 4.69) is 5.32 Å². The number of ether oxygens (including phenoxy) is 2. The van der Waals surface area contributed by atoms with Crippen LogP contribution >= 0.6 is 0 Å². The summed E-state index contributed by atoms with van der Waals surface area (Å²) in [5.74, 6) is -0.590. The lowest BCUT2D eigenvalue weighted by molar-refractivity contribution is -0.149. The molecule has 1 atom stereocenters. The molecule has 1 rings (SSSR count). The Balaban J connectivity index is 2.27. The van der Waals surface area contributed by atoms with Crippen molar-refractivity contribution in [1.82, 2.24) is 5.32 Å². The molecule has 0 aliphatic rings. The van der Waals surface area contributed by atoms with Crippen molar-refractivity contribution < 1.29 is 24.2 Å². The average molecular weight is 295 g/mol. The molecule has 1 unspecified atom stereocenters. The largest absolute Gasteiger partial charge is 0.483 e. The summed E-state index contributed by atoms with van der Waals surface area (Å²) in [6, 6.07) is 5.77. The molecule has 0 fully saturated rings. The third-order valence-corrected chi connectivity index (χ3v) is 2.90. The van der Waals surface area contributed by atoms with E-state index in [9.17, 15) is 9.59 Å². The molecule has 0 aliphatic carbocycles. The lowest BCUT2D eigenvalue weighted by atomic mass is 10.1. The highest BCUT2D eigenvalue weighted by Gasteiger charge is 2.11. The van der Waals surface area contributed by atoms with E-state index >= 15 is 0 Å². The monoisotopic (exact) mass is 295 g/mol. The van der Waals surface area contributed by atoms with Gasteiger partial charge in [-0.15, -0.1) is 0 Å². The quantitative estimate of drug-likeness (QED) is 0.706. The summed E-state index contributed by atoms with van der Waals surface area (Å²) in [5, 5.41) is 11.2. The first-order valence-electron chi connectivity index (χ1n) is 6.72. The van der Waals surface area contributed by atoms with Crippen LogP contribution < -0.4 is 10.1 Å². The molecule has 6 nitrogen and oxygen atoms in total. The van der Waals surface area contributed by atoms with Gasteiger partial charge in [0.2, 0.25) is 0 Å². The van der Waals surface area contributed by atoms with Gasteiger partial charge in [0, 0.05) is 6.54 Å². The summed E-state index contributed by atoms with van der Waals surface area (Å²) >= 11 is 0. The summed E-state index contributed by atoms with van der Waals surface area (Å²) in [6.07, 6.45) is -0.882. The van der Waals surface area contributed by atoms with Gasteiger partial charge in [-0.3, -0.25) is 4.79 Å². The zero-order valence-electron chi connectivity index (χ0n) is 12.5. The third-order valence-electron chi connectivity index (χ3n) is 2.90. The summed E-state index contributed by atoms with van der Waals surface area (Å²) < 4.78 is 10.5. The SMILES string of the molecule is Cc1cccc(C)c1OCC(=O)NCCOC(C)C(=O)O. The second-order valence-corrected chi connectivity index (χ2v) is 4.71. The molecule has 0 aliphatic heterocycles. The van der Waals surface area contributed by atoms with E-state index in [1.54, 1.807) is 0 Å². The van der Waals surface area contributed by atoms with Crippen molar-refractivity contribution in [3.8, 4) is 5.75 Å². The van der Waals surface area contributed by atoms with Crippen LogP contribution in [0, 0.1) is 13.8 Å². The molecule has 0 bridgehead atoms. The molecular weight excluding hydrogens is 274 g/mol. The summed E-state index contributed by atoms with van der Waals surface area (Å²) in [4.78, 5) is 22.1. The van der Waals surface area contributed by atoms with Gasteiger partial charge in [-0.25, -0.2) is 4.79 Å². The van der Waals surface area contributed by atoms with E-state index in [0.29, 0.717) is 5.75 Å². The smallest absolute Gasteiger partial charge is 0.332 e. The number of benzene rings is 1. The van der Waals surface area contributed by atoms with Crippen LogP contribution in [0.25, 0.3) is 0 Å². The Morgan fingerprint density at radius 2 is 1.90 bits per heavy atom. The first-order valence-corrected chi connectivity index (χ1v) is 6.72. The number of carboxylic acid groups (broad SMARTS) is 1. The molecule has 1 aromatic rings. The maximum Gasteiger partial charge on any atom is 0.332 e. The van der Waals surface area contributed by atoms with E-state index in [0.717, 1.165) is 11.1 Å². The molecule has 1 amide bonds. The van der Waals surface area contributed by atoms with Gasteiger partial charge in [-0.05, 0) is 31.9 Å². The van der Waals surface area contributed by atoms with Crippen LogP contribution in [0.5, 0.6) is 5.75 Å². The van der Waals surface area contributed by atoms with Crippen LogP contribution in [-0.4, -0.2) is 42.8 Å². The fourth-order valence-electron chi connectivity index (χ4n) is 1.71. The topological polar surface area (TPSA) is 84.9 Å². The number of hydrogen-bond donors (Lipinski definition) is 2. The zero-order valence-corrected chi connectivity index (χ0v) is 12.5. The number of amides is 1. The Morgan fingerprint density at radius 1 is 1.29 bits per heavy atom. The maximum absolute atomic E-state index is 11.6. The van der Waals surface area contributed by atoms with Gasteiger partial charge in [0.05, 0.1) is 6.61 Å². The van der Waals surface area contributed by atoms with E-state index in [4.69, 9.17) is 14.6 Å². The highest BCUT2D eigenvalue weighted by atomic mass is 16.5. The summed E-state index contributed by atoms with van der Waals surface area (Å²) in [6.45, 7) is 5.58. The highest BCUT2D eigenvalue weighted by molar-refractivity contribution is 5.77. The predicted octanol–water partition coefficient (Wildman–Crippen LogP) is 1.29. The van der Waals surface area contributed by atoms with Crippen LogP contribution in [-0.2, 0) is 14.3 Å². The minimum atomic E-state index is -1.03. The Bertz CT molecular complexity index is 481. The number of hydrogen-bond acceptors (Lipinski definition) is 4. The first-order chi connectivity index (χ1) is 9.91. The minimum Gasteiger partial charge on any atom is -0.483 e. The predicted molar refractivity (Wildman–Crippen MR) is 77.5 cm³/mol. The molecule has 0 spiro atoms. The van der Waals surface area contributed by atoms with Crippen molar-refractivity contribution >= 4 is 11.9 Å². The van der Waals surface area contributed by atoms with Crippen molar-refractivity contribution in [3.05, 3.63) is 29.3 Å². The second-order valence-electron chi connectivity index (χ2n) is 4.71. The highest BCUT2D eigenvalue weighted by Crippen LogP contribution is 2.21. The Morgan fingerprint density at radius 3 is 2.48 bits per heavy atom. The van der Waals surface area contributed by atoms with Crippen molar-refractivity contribution in [1.29, 1.82) is 0 Å². The molecule has 0 heterocycles. The fraction of sp³-hybridized carbons (Fsp3) is 0.467. The van der Waals surface area contributed by atoms with Crippen LogP contribution in [0.15, 0.2) is 18.2 Å². The Labute approximate surface area is 124 Å². The molecule has 0 radical (unpaired) electrons. The molecular formula is C15H21NO5. The molecule has 0 saturated heterocycles. The van der Waals surface area contributed by atoms with Gasteiger partial charge in [0.1, 0.15) is 5.75 Å². The fourth-order valence-corrected chi connectivity index (χ4v) is 1.71. The van der Waals surface area contributed by atoms with E-state index in [1.807, 2.05) is 32.0 Å². The van der Waals surface area contributed by atoms with Crippen molar-refractivity contribution in [2.24, 2.45) is 0 Å². The lowest BCUT2D eigenvalue weighted by Gasteiger charge is -2.12. The lowest BCUT2D eigenvalue weighted by Crippen LogP contribution is -2.33. The maximum atomic E-state index is 11.6. The van der Waals surface area contributed by atoms with Crippen LogP contribution in [0.3, 0.4) is 0 Å². The van der Waals surface area contributed by atoms with Gasteiger partial charge < -0.3 is 19.9 Å². The first kappa shape index (κ1) is 17.0. The number of aliphatic carboxylic acids is 1. The van der Waals surface area contributed by atoms with Gasteiger partial charge in [-0.2, -0.15) is 0 Å². The van der Waals surface area contributed by atoms with E-state index < -0.39 is 12.1 Å². The van der Waals surface area contributed by atoms with E-state index in [-0.39, 0.29) is 25.7 Å². The van der Waals surface area contributed by atoms with Gasteiger partial charge in [0.25, 0.3) is 5.91 Å². The molecule has 21 heavy (non-hydrogen) atoms. The molecule has 6 heteroatoms. The average Bonchev–Trinajstić information content (AvgIpc) is 2.42. The zero-order chi connectivity index (χ0) is 15.8. The number of nitrogens with one attached hydrogen (secondary N) is 1. The summed E-state index contributed by atoms with van der Waals surface area (Å²) in [7, 11) is 0. The van der Waals surface area contributed by atoms with Crippen molar-refractivity contribution in [3.63, 3.8) is 0 Å². The number of aryl methyl sites for hydroxylation is 2. The normalized spacial score (nSPS) is 11.8. The van der Waals surface area contributed by atoms with Crippen molar-refractivity contribution in [2.75, 3.05) is 19.8 Å². The number of carboxylic acids is 1. The molecule has 0 saturated carbocycles. The number of carbonyl (C=O) groups is 2. The third kappa shape index (κ3) is 5.83. The van der Waals surface area contributed by atoms with E-state index in [1.165, 1.54) is 6.92 Å². The van der Waals surface area contributed by atoms with Crippen LogP contribution in [0.4, 0.5) is 0 Å². The Hall–Kier alpha value is -2.08. The van der Waals surface area contributed by atoms with Crippen LogP contribution in [0.2, 0.25) is 0 Å². The van der Waals surface area contributed by atoms with Crippen molar-refractivity contribution in [2.45, 2.75) is 26.9 Å². The van der Waals surface area contributed by atoms with Gasteiger partial charge in [-0.1, -0.05) is 18.2 Å². The minimum absolute atomic E-state index is 0.0832. The number of rotatable bonds is 8. The Kier molecular flexibility index (Phi) is 6.68. The van der Waals surface area contributed by atoms with Gasteiger partial charge in [0.15, 0.2) is 12.7 Å². The van der Waals surface area contributed by atoms with Gasteiger partial charge >= 0.3 is 5.97 Å². The molecule has 1 aromatic carbocycles. The molecule has 2 N–H and O–H groups in total. The standard InChI is InChI=1S/C15H21NO5/c1-10-5-4-6-11(2)14(10)21-9-13(17)16-7-8-20-12(3)15(18)19/h4-6,12H,7-9H2,1-3H3,(H,16,17)(H,18,19). The second kappa shape index (κ2) is 8.26. The number of para-hydroxylation sites is 1. The van der Waals surface area contributed by atoms with Crippen LogP contribution in [0.1, 0.15) is 18.1 Å². The molecule has 116 valence electrons. The number of carbonyl (C=O) groups excluding carboxylic acids is 1. The summed E-state index contributed by atoms with van der Waals surface area (Å²) in [5.41, 5.74) is 1.95. The molecule has 0 aromatic heterocycles.